The number of tetrazole rings is 1. The van der Waals surface area contributed by atoms with Gasteiger partial charge in [0.05, 0.1) is 5.69 Å². The molecule has 0 fully saturated rings. The van der Waals surface area contributed by atoms with Gasteiger partial charge in [0.15, 0.2) is 6.10 Å². The van der Waals surface area contributed by atoms with E-state index in [1.807, 2.05) is 0 Å². The van der Waals surface area contributed by atoms with E-state index in [1.54, 1.807) is 50.2 Å². The molecule has 1 heterocycles. The van der Waals surface area contributed by atoms with Gasteiger partial charge < -0.3 is 10.1 Å². The Morgan fingerprint density at radius 3 is 2.64 bits per heavy atom. The Hall–Kier alpha value is -3.29. The molecule has 1 aromatic heterocycles. The number of nitrogens with zero attached hydrogens (tertiary/aromatic N) is 4. The monoisotopic (exact) mass is 341 g/mol. The number of nitrogens with one attached hydrogen (secondary N) is 1. The van der Waals surface area contributed by atoms with Gasteiger partial charge in [-0.1, -0.05) is 6.07 Å². The molecule has 3 aromatic rings. The number of aromatic nitrogens is 4. The second-order valence-electron chi connectivity index (χ2n) is 5.46. The smallest absolute Gasteiger partial charge is 0.265 e. The van der Waals surface area contributed by atoms with Gasteiger partial charge in [-0.3, -0.25) is 4.79 Å². The third-order valence-corrected chi connectivity index (χ3v) is 3.57. The van der Waals surface area contributed by atoms with E-state index in [1.165, 1.54) is 17.1 Å². The lowest BCUT2D eigenvalue weighted by Crippen LogP contribution is -2.30. The first-order chi connectivity index (χ1) is 12.0. The molecule has 3 rings (SSSR count). The molecule has 0 aliphatic carbocycles. The van der Waals surface area contributed by atoms with E-state index in [-0.39, 0.29) is 11.7 Å². The highest BCUT2D eigenvalue weighted by atomic mass is 19.1. The second-order valence-corrected chi connectivity index (χ2v) is 5.46. The van der Waals surface area contributed by atoms with Crippen molar-refractivity contribution in [2.75, 3.05) is 5.32 Å². The lowest BCUT2D eigenvalue weighted by molar-refractivity contribution is -0.122. The molecule has 0 radical (unpaired) electrons. The normalized spacial score (nSPS) is 11.8. The van der Waals surface area contributed by atoms with Crippen molar-refractivity contribution in [3.8, 4) is 11.4 Å². The number of carbonyl (C=O) groups is 1. The molecule has 0 saturated carbocycles. The van der Waals surface area contributed by atoms with Crippen LogP contribution in [0.5, 0.6) is 5.75 Å². The summed E-state index contributed by atoms with van der Waals surface area (Å²) in [4.78, 5) is 12.2. The van der Waals surface area contributed by atoms with Crippen LogP contribution in [-0.2, 0) is 4.79 Å². The molecule has 8 heteroatoms. The minimum absolute atomic E-state index is 0.368. The summed E-state index contributed by atoms with van der Waals surface area (Å²) < 4.78 is 20.6. The van der Waals surface area contributed by atoms with Crippen molar-refractivity contribution in [2.45, 2.75) is 20.0 Å². The van der Waals surface area contributed by atoms with Crippen molar-refractivity contribution >= 4 is 11.6 Å². The van der Waals surface area contributed by atoms with Crippen LogP contribution in [0.25, 0.3) is 5.69 Å². The average molecular weight is 341 g/mol. The zero-order valence-corrected chi connectivity index (χ0v) is 13.7. The Labute approximate surface area is 143 Å². The first-order valence-electron chi connectivity index (χ1n) is 7.60. The van der Waals surface area contributed by atoms with Crippen molar-refractivity contribution in [3.63, 3.8) is 0 Å². The van der Waals surface area contributed by atoms with Gasteiger partial charge in [-0.15, -0.1) is 5.10 Å². The van der Waals surface area contributed by atoms with Crippen LogP contribution in [0, 0.1) is 12.7 Å². The van der Waals surface area contributed by atoms with Crippen molar-refractivity contribution in [1.82, 2.24) is 20.2 Å². The number of hydrogen-bond donors (Lipinski definition) is 1. The first kappa shape index (κ1) is 16.6. The zero-order chi connectivity index (χ0) is 17.8. The molecule has 0 unspecified atom stereocenters. The third-order valence-electron chi connectivity index (χ3n) is 3.57. The van der Waals surface area contributed by atoms with Gasteiger partial charge in [0.1, 0.15) is 17.9 Å². The Balaban J connectivity index is 1.62. The van der Waals surface area contributed by atoms with E-state index < -0.39 is 6.10 Å². The molecule has 2 aromatic carbocycles. The fraction of sp³-hybridized carbons (Fsp3) is 0.176. The minimum Gasteiger partial charge on any atom is -0.481 e. The van der Waals surface area contributed by atoms with Crippen LogP contribution in [0.2, 0.25) is 0 Å². The van der Waals surface area contributed by atoms with Crippen molar-refractivity contribution in [1.29, 1.82) is 0 Å². The molecule has 1 atom stereocenters. The van der Waals surface area contributed by atoms with E-state index in [4.69, 9.17) is 4.74 Å². The van der Waals surface area contributed by atoms with Crippen LogP contribution in [0.15, 0.2) is 48.8 Å². The minimum atomic E-state index is -0.747. The number of carbonyl (C=O) groups excluding carboxylic acids is 1. The van der Waals surface area contributed by atoms with Gasteiger partial charge >= 0.3 is 0 Å². The van der Waals surface area contributed by atoms with Crippen LogP contribution in [0.3, 0.4) is 0 Å². The number of halogens is 1. The van der Waals surface area contributed by atoms with Crippen molar-refractivity contribution in [3.05, 3.63) is 60.2 Å². The molecular weight excluding hydrogens is 325 g/mol. The summed E-state index contributed by atoms with van der Waals surface area (Å²) in [6.07, 6.45) is 0.732. The highest BCUT2D eigenvalue weighted by Gasteiger charge is 2.15. The first-order valence-corrected chi connectivity index (χ1v) is 7.60. The Bertz CT molecular complexity index is 865. The summed E-state index contributed by atoms with van der Waals surface area (Å²) >= 11 is 0. The van der Waals surface area contributed by atoms with Crippen LogP contribution in [-0.4, -0.2) is 32.2 Å². The molecule has 128 valence electrons. The number of ether oxygens (including phenoxy) is 1. The average Bonchev–Trinajstić information content (AvgIpc) is 3.13. The predicted octanol–water partition coefficient (Wildman–Crippen LogP) is 2.52. The molecule has 0 bridgehead atoms. The van der Waals surface area contributed by atoms with Gasteiger partial charge in [-0.05, 0) is 66.2 Å². The largest absolute Gasteiger partial charge is 0.481 e. The molecule has 1 N–H and O–H groups in total. The second kappa shape index (κ2) is 7.08. The summed E-state index contributed by atoms with van der Waals surface area (Å²) in [5, 5.41) is 13.5. The Kier molecular flexibility index (Phi) is 4.69. The summed E-state index contributed by atoms with van der Waals surface area (Å²) in [5.74, 6) is -0.216. The van der Waals surface area contributed by atoms with E-state index in [0.29, 0.717) is 17.0 Å². The van der Waals surface area contributed by atoms with Crippen LogP contribution in [0.4, 0.5) is 10.1 Å². The van der Waals surface area contributed by atoms with Gasteiger partial charge in [0.2, 0.25) is 0 Å². The predicted molar refractivity (Wildman–Crippen MR) is 89.0 cm³/mol. The molecular formula is C17H16FN5O2. The maximum atomic E-state index is 13.5. The molecule has 1 amide bonds. The van der Waals surface area contributed by atoms with E-state index in [2.05, 4.69) is 20.8 Å². The van der Waals surface area contributed by atoms with Gasteiger partial charge in [-0.25, -0.2) is 9.07 Å². The fourth-order valence-electron chi connectivity index (χ4n) is 2.13. The highest BCUT2D eigenvalue weighted by Crippen LogP contribution is 2.17. The van der Waals surface area contributed by atoms with Crippen LogP contribution in [0.1, 0.15) is 12.5 Å². The van der Waals surface area contributed by atoms with E-state index >= 15 is 0 Å². The quantitative estimate of drug-likeness (QED) is 0.771. The highest BCUT2D eigenvalue weighted by molar-refractivity contribution is 5.94. The van der Waals surface area contributed by atoms with E-state index in [9.17, 15) is 9.18 Å². The molecule has 25 heavy (non-hydrogen) atoms. The molecule has 7 nitrogen and oxygen atoms in total. The SMILES string of the molecule is Cc1ccc(NC(=O)[C@@H](C)Oc2ccc(-n3cnnn3)cc2)cc1F. The zero-order valence-electron chi connectivity index (χ0n) is 13.7. The summed E-state index contributed by atoms with van der Waals surface area (Å²) in [5.41, 5.74) is 1.67. The lowest BCUT2D eigenvalue weighted by Gasteiger charge is -2.15. The van der Waals surface area contributed by atoms with Gasteiger partial charge in [0, 0.05) is 5.69 Å². The summed E-state index contributed by atoms with van der Waals surface area (Å²) in [6, 6.07) is 11.5. The molecule has 0 saturated heterocycles. The number of anilines is 1. The topological polar surface area (TPSA) is 81.9 Å². The molecule has 0 spiro atoms. The Morgan fingerprint density at radius 1 is 1.24 bits per heavy atom. The summed E-state index contributed by atoms with van der Waals surface area (Å²) in [7, 11) is 0. The van der Waals surface area contributed by atoms with Gasteiger partial charge in [-0.2, -0.15) is 0 Å². The Morgan fingerprint density at radius 2 is 2.00 bits per heavy atom. The standard InChI is InChI=1S/C17H16FN5O2/c1-11-3-4-13(9-16(11)18)20-17(24)12(2)25-15-7-5-14(6-8-15)23-10-19-21-22-23/h3-10,12H,1-2H3,(H,20,24)/t12-/m1/s1. The number of aryl methyl sites for hydroxylation is 1. The number of amides is 1. The summed E-state index contributed by atoms with van der Waals surface area (Å²) in [6.45, 7) is 3.28. The number of hydrogen-bond acceptors (Lipinski definition) is 5. The van der Waals surface area contributed by atoms with E-state index in [0.717, 1.165) is 5.69 Å². The fourth-order valence-corrected chi connectivity index (χ4v) is 2.13. The third kappa shape index (κ3) is 3.97. The molecule has 0 aliphatic heterocycles. The van der Waals surface area contributed by atoms with Gasteiger partial charge in [0.25, 0.3) is 5.91 Å². The number of rotatable bonds is 5. The van der Waals surface area contributed by atoms with Crippen LogP contribution >= 0.6 is 0 Å². The van der Waals surface area contributed by atoms with Crippen molar-refractivity contribution in [2.24, 2.45) is 0 Å². The lowest BCUT2D eigenvalue weighted by atomic mass is 10.2. The maximum absolute atomic E-state index is 13.5. The van der Waals surface area contributed by atoms with Crippen molar-refractivity contribution < 1.29 is 13.9 Å². The molecule has 0 aliphatic rings. The number of benzene rings is 2. The van der Waals surface area contributed by atoms with Crippen LogP contribution < -0.4 is 10.1 Å². The maximum Gasteiger partial charge on any atom is 0.265 e.